The van der Waals surface area contributed by atoms with Gasteiger partial charge in [-0.25, -0.2) is 14.3 Å². The van der Waals surface area contributed by atoms with E-state index in [0.29, 0.717) is 0 Å². The number of imidazole rings is 1. The third-order valence-corrected chi connectivity index (χ3v) is 4.83. The zero-order valence-electron chi connectivity index (χ0n) is 16.3. The van der Waals surface area contributed by atoms with Crippen LogP contribution in [0.5, 0.6) is 0 Å². The molecule has 1 aromatic carbocycles. The number of H-pyrrole nitrogens is 1. The van der Waals surface area contributed by atoms with Crippen molar-refractivity contribution in [2.45, 2.75) is 77.7 Å². The molecule has 0 saturated carbocycles. The number of carbonyl (C=O) groups excluding carboxylic acids is 1. The van der Waals surface area contributed by atoms with Crippen molar-refractivity contribution in [3.05, 3.63) is 30.1 Å². The summed E-state index contributed by atoms with van der Waals surface area (Å²) in [6, 6.07) is 8.13. The van der Waals surface area contributed by atoms with Crippen LogP contribution in [0.15, 0.2) is 24.3 Å². The van der Waals surface area contributed by atoms with Crippen molar-refractivity contribution in [1.29, 1.82) is 0 Å². The summed E-state index contributed by atoms with van der Waals surface area (Å²) in [5.74, 6) is 0.914. The van der Waals surface area contributed by atoms with Gasteiger partial charge in [-0.15, -0.1) is 24.0 Å². The van der Waals surface area contributed by atoms with Gasteiger partial charge >= 0.3 is 5.97 Å². The second-order valence-electron chi connectivity index (χ2n) is 6.83. The van der Waals surface area contributed by atoms with Crippen LogP contribution in [0.4, 0.5) is 0 Å². The lowest BCUT2D eigenvalue weighted by Crippen LogP contribution is -2.41. The van der Waals surface area contributed by atoms with E-state index in [1.165, 1.54) is 58.5 Å². The highest BCUT2D eigenvalue weighted by atomic mass is 127. The fraction of sp³-hybridized carbons (Fsp3) is 0.619. The molecule has 0 aliphatic carbocycles. The molecule has 2 rings (SSSR count). The maximum absolute atomic E-state index is 11.7. The number of rotatable bonds is 12. The van der Waals surface area contributed by atoms with Crippen molar-refractivity contribution in [1.82, 2.24) is 4.98 Å². The SMILES string of the molecule is CCCCCCCCCCCc1[nH]c2ccccc2[n+]1CC(=O)OC.I. The van der Waals surface area contributed by atoms with Crippen LogP contribution in [0.25, 0.3) is 11.0 Å². The molecule has 26 heavy (non-hydrogen) atoms. The molecule has 0 amide bonds. The lowest BCUT2D eigenvalue weighted by molar-refractivity contribution is -0.667. The summed E-state index contributed by atoms with van der Waals surface area (Å²) in [6.07, 6.45) is 12.9. The van der Waals surface area contributed by atoms with Crippen molar-refractivity contribution in [2.24, 2.45) is 0 Å². The standard InChI is InChI=1S/C21H32N2O2.HI/c1-3-4-5-6-7-8-9-10-11-16-20-22-18-14-12-13-15-19(18)23(20)17-21(24)25-2;/h12-15H,3-11,16-17H2,1-2H3;1H/p+1. The number of hydrogen-bond donors (Lipinski definition) is 1. The summed E-state index contributed by atoms with van der Waals surface area (Å²) in [5, 5.41) is 0. The monoisotopic (exact) mass is 473 g/mol. The zero-order chi connectivity index (χ0) is 17.9. The highest BCUT2D eigenvalue weighted by molar-refractivity contribution is 14.0. The van der Waals surface area contributed by atoms with E-state index in [1.807, 2.05) is 12.1 Å². The number of aryl methyl sites for hydroxylation is 1. The van der Waals surface area contributed by atoms with Crippen LogP contribution in [0.2, 0.25) is 0 Å². The van der Waals surface area contributed by atoms with E-state index in [9.17, 15) is 4.79 Å². The Morgan fingerprint density at radius 3 is 2.27 bits per heavy atom. The molecule has 1 heterocycles. The Kier molecular flexibility index (Phi) is 11.6. The van der Waals surface area contributed by atoms with Gasteiger partial charge in [0.25, 0.3) is 5.82 Å². The number of hydrogen-bond acceptors (Lipinski definition) is 2. The van der Waals surface area contributed by atoms with Crippen molar-refractivity contribution in [2.75, 3.05) is 7.11 Å². The number of fused-ring (bicyclic) bond motifs is 1. The average Bonchev–Trinajstić information content (AvgIpc) is 2.98. The molecule has 0 aliphatic heterocycles. The number of aromatic amines is 1. The predicted octanol–water partition coefficient (Wildman–Crippen LogP) is 5.32. The number of nitrogens with zero attached hydrogens (tertiary/aromatic N) is 1. The number of methoxy groups -OCH3 is 1. The van der Waals surface area contributed by atoms with Gasteiger partial charge in [0.2, 0.25) is 0 Å². The topological polar surface area (TPSA) is 46.0 Å². The first-order chi connectivity index (χ1) is 12.3. The first kappa shape index (κ1) is 22.9. The van der Waals surface area contributed by atoms with Gasteiger partial charge in [0, 0.05) is 6.42 Å². The molecule has 0 aliphatic rings. The van der Waals surface area contributed by atoms with Gasteiger partial charge in [0.1, 0.15) is 0 Å². The predicted molar refractivity (Wildman–Crippen MR) is 117 cm³/mol. The number of unbranched alkanes of at least 4 members (excludes halogenated alkanes) is 8. The largest absolute Gasteiger partial charge is 0.466 e. The Bertz CT molecular complexity index is 654. The molecular formula is C21H34IN2O2+. The van der Waals surface area contributed by atoms with Crippen molar-refractivity contribution < 1.29 is 14.1 Å². The molecule has 5 heteroatoms. The summed E-state index contributed by atoms with van der Waals surface area (Å²) in [7, 11) is 1.44. The van der Waals surface area contributed by atoms with E-state index in [2.05, 4.69) is 28.6 Å². The normalized spacial score (nSPS) is 10.7. The van der Waals surface area contributed by atoms with Gasteiger partial charge in [0.15, 0.2) is 17.6 Å². The van der Waals surface area contributed by atoms with Crippen molar-refractivity contribution in [3.8, 4) is 0 Å². The first-order valence-electron chi connectivity index (χ1n) is 9.82. The second kappa shape index (κ2) is 13.1. The molecule has 146 valence electrons. The molecule has 1 aromatic heterocycles. The van der Waals surface area contributed by atoms with Gasteiger partial charge in [0.05, 0.1) is 7.11 Å². The molecule has 4 nitrogen and oxygen atoms in total. The summed E-state index contributed by atoms with van der Waals surface area (Å²) >= 11 is 0. The van der Waals surface area contributed by atoms with Crippen molar-refractivity contribution in [3.63, 3.8) is 0 Å². The van der Waals surface area contributed by atoms with Crippen LogP contribution >= 0.6 is 24.0 Å². The minimum absolute atomic E-state index is 0. The number of nitrogens with one attached hydrogen (secondary N) is 1. The maximum Gasteiger partial charge on any atom is 0.348 e. The molecule has 0 atom stereocenters. The number of halogens is 1. The number of carbonyl (C=O) groups is 1. The van der Waals surface area contributed by atoms with Crippen LogP contribution in [0.3, 0.4) is 0 Å². The summed E-state index contributed by atoms with van der Waals surface area (Å²) < 4.78 is 6.91. The molecule has 1 N–H and O–H groups in total. The molecule has 0 radical (unpaired) electrons. The number of aromatic nitrogens is 2. The van der Waals surface area contributed by atoms with Gasteiger partial charge in [-0.2, -0.15) is 0 Å². The van der Waals surface area contributed by atoms with Gasteiger partial charge in [-0.05, 0) is 18.6 Å². The Morgan fingerprint density at radius 2 is 1.62 bits per heavy atom. The van der Waals surface area contributed by atoms with E-state index in [1.54, 1.807) is 0 Å². The van der Waals surface area contributed by atoms with Crippen LogP contribution in [-0.2, 0) is 22.5 Å². The highest BCUT2D eigenvalue weighted by Gasteiger charge is 2.20. The lowest BCUT2D eigenvalue weighted by atomic mass is 10.1. The third-order valence-electron chi connectivity index (χ3n) is 4.83. The van der Waals surface area contributed by atoms with E-state index >= 15 is 0 Å². The number of para-hydroxylation sites is 2. The molecular weight excluding hydrogens is 439 g/mol. The number of benzene rings is 1. The number of esters is 1. The first-order valence-corrected chi connectivity index (χ1v) is 9.82. The Balaban J connectivity index is 0.00000338. The molecule has 0 bridgehead atoms. The fourth-order valence-electron chi connectivity index (χ4n) is 3.36. The smallest absolute Gasteiger partial charge is 0.348 e. The van der Waals surface area contributed by atoms with Crippen LogP contribution < -0.4 is 4.57 Å². The van der Waals surface area contributed by atoms with Gasteiger partial charge in [-0.1, -0.05) is 70.4 Å². The summed E-state index contributed by atoms with van der Waals surface area (Å²) in [5.41, 5.74) is 2.15. The Labute approximate surface area is 174 Å². The molecule has 0 fully saturated rings. The van der Waals surface area contributed by atoms with E-state index in [-0.39, 0.29) is 36.5 Å². The average molecular weight is 473 g/mol. The summed E-state index contributed by atoms with van der Waals surface area (Å²) in [6.45, 7) is 2.53. The van der Waals surface area contributed by atoms with E-state index < -0.39 is 0 Å². The lowest BCUT2D eigenvalue weighted by Gasteiger charge is -2.02. The van der Waals surface area contributed by atoms with Gasteiger partial charge < -0.3 is 4.74 Å². The minimum Gasteiger partial charge on any atom is -0.466 e. The molecule has 0 spiro atoms. The third kappa shape index (κ3) is 7.25. The van der Waals surface area contributed by atoms with Crippen LogP contribution in [0.1, 0.15) is 70.5 Å². The number of ether oxygens (including phenoxy) is 1. The highest BCUT2D eigenvalue weighted by Crippen LogP contribution is 2.13. The molecule has 2 aromatic rings. The minimum atomic E-state index is -0.205. The Hall–Kier alpha value is -1.11. The maximum atomic E-state index is 11.7. The van der Waals surface area contributed by atoms with Crippen molar-refractivity contribution >= 4 is 41.0 Å². The molecule has 0 saturated heterocycles. The van der Waals surface area contributed by atoms with E-state index in [4.69, 9.17) is 4.74 Å². The van der Waals surface area contributed by atoms with Crippen LogP contribution in [-0.4, -0.2) is 18.1 Å². The Morgan fingerprint density at radius 1 is 1.00 bits per heavy atom. The summed E-state index contributed by atoms with van der Waals surface area (Å²) in [4.78, 5) is 15.2. The fourth-order valence-corrected chi connectivity index (χ4v) is 3.36. The van der Waals surface area contributed by atoms with E-state index in [0.717, 1.165) is 29.7 Å². The quantitative estimate of drug-likeness (QED) is 0.196. The molecule has 0 unspecified atom stereocenters. The van der Waals surface area contributed by atoms with Gasteiger partial charge in [-0.3, -0.25) is 0 Å². The van der Waals surface area contributed by atoms with Crippen LogP contribution in [0, 0.1) is 0 Å². The zero-order valence-corrected chi connectivity index (χ0v) is 18.6. The second-order valence-corrected chi connectivity index (χ2v) is 6.83.